The Morgan fingerprint density at radius 3 is 2.54 bits per heavy atom. The summed E-state index contributed by atoms with van der Waals surface area (Å²) < 4.78 is 73.3. The summed E-state index contributed by atoms with van der Waals surface area (Å²) in [7, 11) is -4.16. The van der Waals surface area contributed by atoms with Gasteiger partial charge in [0.25, 0.3) is 0 Å². The largest absolute Gasteiger partial charge is 0.516 e. The summed E-state index contributed by atoms with van der Waals surface area (Å²) in [5, 5.41) is 0. The molecule has 4 bridgehead atoms. The van der Waals surface area contributed by atoms with Gasteiger partial charge in [-0.1, -0.05) is 0 Å². The van der Waals surface area contributed by atoms with Gasteiger partial charge < -0.3 is 9.47 Å². The van der Waals surface area contributed by atoms with Crippen LogP contribution in [0, 0.1) is 17.3 Å². The fourth-order valence-electron chi connectivity index (χ4n) is 5.30. The fourth-order valence-corrected chi connectivity index (χ4v) is 5.87. The average molecular weight is 399 g/mol. The summed E-state index contributed by atoms with van der Waals surface area (Å²) in [6.07, 6.45) is 4.33. The predicted molar refractivity (Wildman–Crippen MR) is 85.4 cm³/mol. The van der Waals surface area contributed by atoms with E-state index in [1.807, 2.05) is 0 Å². The Labute approximate surface area is 150 Å². The van der Waals surface area contributed by atoms with E-state index in [1.54, 1.807) is 7.11 Å². The van der Waals surface area contributed by atoms with Crippen LogP contribution in [-0.4, -0.2) is 45.8 Å². The Hall–Kier alpha value is -0.870. The minimum absolute atomic E-state index is 0.159. The zero-order valence-electron chi connectivity index (χ0n) is 14.6. The Kier molecular flexibility index (Phi) is 5.07. The van der Waals surface area contributed by atoms with Gasteiger partial charge in [0, 0.05) is 7.11 Å². The molecule has 0 aromatic rings. The van der Waals surface area contributed by atoms with Gasteiger partial charge in [0.1, 0.15) is 0 Å². The molecule has 4 fully saturated rings. The van der Waals surface area contributed by atoms with Crippen LogP contribution in [0.1, 0.15) is 44.9 Å². The van der Waals surface area contributed by atoms with Gasteiger partial charge in [0.2, 0.25) is 5.91 Å². The maximum absolute atomic E-state index is 12.7. The van der Waals surface area contributed by atoms with Gasteiger partial charge in [-0.3, -0.25) is 4.79 Å². The number of sulfonamides is 1. The molecule has 4 aliphatic rings. The summed E-state index contributed by atoms with van der Waals surface area (Å²) in [4.78, 5) is 12.7. The molecule has 1 N–H and O–H groups in total. The number of alkyl halides is 3. The van der Waals surface area contributed by atoms with Gasteiger partial charge in [-0.25, -0.2) is 4.72 Å². The molecule has 10 heteroatoms. The molecule has 26 heavy (non-hydrogen) atoms. The van der Waals surface area contributed by atoms with Crippen LogP contribution in [-0.2, 0) is 24.3 Å². The number of carbonyl (C=O) groups excluding carboxylic acids is 1. The van der Waals surface area contributed by atoms with Crippen LogP contribution in [0.15, 0.2) is 0 Å². The van der Waals surface area contributed by atoms with Crippen molar-refractivity contribution in [3.63, 3.8) is 0 Å². The van der Waals surface area contributed by atoms with E-state index in [2.05, 4.69) is 0 Å². The molecule has 0 heterocycles. The number of amides is 1. The summed E-state index contributed by atoms with van der Waals surface area (Å²) in [6.45, 7) is 0.726. The van der Waals surface area contributed by atoms with Crippen LogP contribution in [0.5, 0.6) is 0 Å². The van der Waals surface area contributed by atoms with Crippen LogP contribution in [0.3, 0.4) is 0 Å². The smallest absolute Gasteiger partial charge is 0.382 e. The quantitative estimate of drug-likeness (QED) is 0.694. The van der Waals surface area contributed by atoms with Crippen molar-refractivity contribution in [1.82, 2.24) is 4.72 Å². The molecular weight excluding hydrogens is 375 g/mol. The predicted octanol–water partition coefficient (Wildman–Crippen LogP) is 2.34. The molecule has 4 atom stereocenters. The van der Waals surface area contributed by atoms with Gasteiger partial charge in [-0.15, -0.1) is 0 Å². The molecule has 0 saturated heterocycles. The van der Waals surface area contributed by atoms with Crippen LogP contribution >= 0.6 is 0 Å². The molecule has 4 rings (SSSR count). The molecule has 4 unspecified atom stereocenters. The number of ether oxygens (including phenoxy) is 2. The van der Waals surface area contributed by atoms with E-state index < -0.39 is 32.5 Å². The zero-order valence-corrected chi connectivity index (χ0v) is 15.4. The van der Waals surface area contributed by atoms with E-state index in [4.69, 9.17) is 9.47 Å². The maximum Gasteiger partial charge on any atom is 0.516 e. The van der Waals surface area contributed by atoms with Crippen molar-refractivity contribution in [2.75, 3.05) is 20.3 Å². The van der Waals surface area contributed by atoms with Crippen LogP contribution < -0.4 is 4.72 Å². The molecule has 0 aromatic heterocycles. The van der Waals surface area contributed by atoms with Gasteiger partial charge in [-0.05, 0) is 56.8 Å². The van der Waals surface area contributed by atoms with E-state index >= 15 is 0 Å². The Morgan fingerprint density at radius 2 is 1.88 bits per heavy atom. The SMILES string of the molecule is COCCOC12CCC3CC(C1)CC(C(=O)NS(=O)(=O)C(F)(F)F)(C3)C2. The standard InChI is InChI=1S/C16H24F3NO5S/c1-24-4-5-25-15-3-2-11-6-12(9-15)8-14(7-11,10-15)13(21)20-26(22,23)16(17,18)19/h11-12H,2-10H2,1H3,(H,20,21). The van der Waals surface area contributed by atoms with Crippen LogP contribution in [0.25, 0.3) is 0 Å². The normalized spacial score (nSPS) is 36.8. The number of fused-ring (bicyclic) bond motifs is 1. The molecule has 0 spiro atoms. The van der Waals surface area contributed by atoms with E-state index in [-0.39, 0.29) is 18.3 Å². The summed E-state index contributed by atoms with van der Waals surface area (Å²) in [5.74, 6) is -0.666. The Morgan fingerprint density at radius 1 is 1.19 bits per heavy atom. The van der Waals surface area contributed by atoms with Gasteiger partial charge >= 0.3 is 15.5 Å². The molecule has 1 amide bonds. The maximum atomic E-state index is 12.7. The first-order valence-corrected chi connectivity index (χ1v) is 10.3. The molecule has 0 radical (unpaired) electrons. The molecule has 0 aromatic carbocycles. The number of carbonyl (C=O) groups is 1. The number of rotatable bonds is 6. The van der Waals surface area contributed by atoms with E-state index in [0.29, 0.717) is 26.1 Å². The number of hydrogen-bond donors (Lipinski definition) is 1. The number of hydrogen-bond acceptors (Lipinski definition) is 5. The number of methoxy groups -OCH3 is 1. The second kappa shape index (κ2) is 6.63. The van der Waals surface area contributed by atoms with E-state index in [1.165, 1.54) is 4.72 Å². The Balaban J connectivity index is 1.85. The van der Waals surface area contributed by atoms with Crippen molar-refractivity contribution < 1.29 is 35.9 Å². The Bertz CT molecular complexity index is 667. The third-order valence-corrected chi connectivity index (χ3v) is 7.13. The summed E-state index contributed by atoms with van der Waals surface area (Å²) in [5.41, 5.74) is -7.21. The highest BCUT2D eigenvalue weighted by Gasteiger charge is 2.60. The van der Waals surface area contributed by atoms with Crippen molar-refractivity contribution in [3.8, 4) is 0 Å². The monoisotopic (exact) mass is 399 g/mol. The van der Waals surface area contributed by atoms with Gasteiger partial charge in [0.15, 0.2) is 0 Å². The van der Waals surface area contributed by atoms with Gasteiger partial charge in [-0.2, -0.15) is 21.6 Å². The molecule has 6 nitrogen and oxygen atoms in total. The second-order valence-corrected chi connectivity index (χ2v) is 9.65. The van der Waals surface area contributed by atoms with E-state index in [9.17, 15) is 26.4 Å². The highest BCUT2D eigenvalue weighted by atomic mass is 32.2. The molecular formula is C16H24F3NO5S. The van der Waals surface area contributed by atoms with Crippen molar-refractivity contribution in [1.29, 1.82) is 0 Å². The average Bonchev–Trinajstić information content (AvgIpc) is 2.70. The summed E-state index contributed by atoms with van der Waals surface area (Å²) in [6, 6.07) is 0. The summed E-state index contributed by atoms with van der Waals surface area (Å²) >= 11 is 0. The second-order valence-electron chi connectivity index (χ2n) is 7.98. The van der Waals surface area contributed by atoms with Crippen molar-refractivity contribution in [2.45, 2.75) is 56.1 Å². The number of halogens is 3. The molecule has 4 saturated carbocycles. The highest BCUT2D eigenvalue weighted by Crippen LogP contribution is 2.60. The lowest BCUT2D eigenvalue weighted by atomic mass is 9.57. The van der Waals surface area contributed by atoms with Crippen LogP contribution in [0.2, 0.25) is 0 Å². The molecule has 0 aliphatic heterocycles. The van der Waals surface area contributed by atoms with E-state index in [0.717, 1.165) is 25.7 Å². The molecule has 150 valence electrons. The van der Waals surface area contributed by atoms with Crippen molar-refractivity contribution in [2.24, 2.45) is 17.3 Å². The third kappa shape index (κ3) is 3.60. The lowest BCUT2D eigenvalue weighted by Crippen LogP contribution is -2.56. The minimum Gasteiger partial charge on any atom is -0.382 e. The van der Waals surface area contributed by atoms with Gasteiger partial charge in [0.05, 0.1) is 24.2 Å². The highest BCUT2D eigenvalue weighted by molar-refractivity contribution is 7.90. The van der Waals surface area contributed by atoms with Crippen LogP contribution in [0.4, 0.5) is 13.2 Å². The van der Waals surface area contributed by atoms with Crippen molar-refractivity contribution >= 4 is 15.9 Å². The number of nitrogens with one attached hydrogen (secondary N) is 1. The third-order valence-electron chi connectivity index (χ3n) is 6.06. The zero-order chi connectivity index (χ0) is 19.2. The molecule has 4 aliphatic carbocycles. The first kappa shape index (κ1) is 19.9. The fraction of sp³-hybridized carbons (Fsp3) is 0.938. The first-order chi connectivity index (χ1) is 12.0. The van der Waals surface area contributed by atoms with Crippen molar-refractivity contribution in [3.05, 3.63) is 0 Å². The topological polar surface area (TPSA) is 81.7 Å². The first-order valence-electron chi connectivity index (χ1n) is 8.77. The minimum atomic E-state index is -5.70. The lowest BCUT2D eigenvalue weighted by molar-refractivity contribution is -0.157. The lowest BCUT2D eigenvalue weighted by Gasteiger charge is -2.51.